The molecule has 0 saturated heterocycles. The third-order valence-corrected chi connectivity index (χ3v) is 7.70. The molecular formula is C33H33N3O8. The number of dihydropyridines is 1. The molecule has 0 aliphatic carbocycles. The van der Waals surface area contributed by atoms with Crippen molar-refractivity contribution in [2.24, 2.45) is 0 Å². The zero-order chi connectivity index (χ0) is 31.7. The van der Waals surface area contributed by atoms with Crippen molar-refractivity contribution in [3.63, 3.8) is 0 Å². The molecule has 1 aliphatic rings. The number of carbonyl (C=O) groups excluding carboxylic acids is 2. The van der Waals surface area contributed by atoms with Gasteiger partial charge in [0.05, 0.1) is 56.5 Å². The van der Waals surface area contributed by atoms with Crippen LogP contribution in [0.1, 0.15) is 30.9 Å². The number of esters is 2. The first-order valence-electron chi connectivity index (χ1n) is 13.7. The van der Waals surface area contributed by atoms with Gasteiger partial charge in [-0.3, -0.25) is 0 Å². The molecule has 0 unspecified atom stereocenters. The number of aromatic hydroxyl groups is 2. The van der Waals surface area contributed by atoms with Gasteiger partial charge in [0, 0.05) is 23.5 Å². The lowest BCUT2D eigenvalue weighted by Crippen LogP contribution is -2.32. The second-order valence-corrected chi connectivity index (χ2v) is 10.3. The standard InChI is InChI=1S/C33H33N3O8/c1-17-28(32(39)43-5)30(29(18(2)34-17)33(40)44-6)20-8-10-22-23(14-20)36(16-19-7-11-24(37)26(13-19)41-3)31(35-22)21-9-12-25(38)27(15-21)42-4/h7-15,30,34,37-38H,16H2,1-6H3. The normalized spacial score (nSPS) is 13.6. The predicted octanol–water partition coefficient (Wildman–Crippen LogP) is 4.76. The Morgan fingerprint density at radius 3 is 2.00 bits per heavy atom. The lowest BCUT2D eigenvalue weighted by atomic mass is 9.80. The maximum Gasteiger partial charge on any atom is 0.336 e. The molecule has 0 saturated carbocycles. The Labute approximate surface area is 254 Å². The SMILES string of the molecule is COC(=O)C1=C(C)NC(C)=C(C(=O)OC)C1c1ccc2nc(-c3ccc(O)c(OC)c3)n(Cc3ccc(O)c(OC)c3)c2c1. The van der Waals surface area contributed by atoms with Gasteiger partial charge in [0.15, 0.2) is 23.0 Å². The van der Waals surface area contributed by atoms with E-state index in [9.17, 15) is 19.8 Å². The summed E-state index contributed by atoms with van der Waals surface area (Å²) in [5, 5.41) is 23.5. The van der Waals surface area contributed by atoms with Gasteiger partial charge in [-0.25, -0.2) is 14.6 Å². The molecular weight excluding hydrogens is 566 g/mol. The molecule has 0 atom stereocenters. The summed E-state index contributed by atoms with van der Waals surface area (Å²) in [7, 11) is 5.54. The first kappa shape index (κ1) is 30.0. The molecule has 11 heteroatoms. The minimum absolute atomic E-state index is 0.00892. The van der Waals surface area contributed by atoms with Crippen LogP contribution in [0.2, 0.25) is 0 Å². The Kier molecular flexibility index (Phi) is 8.21. The smallest absolute Gasteiger partial charge is 0.336 e. The van der Waals surface area contributed by atoms with E-state index in [1.165, 1.54) is 34.5 Å². The van der Waals surface area contributed by atoms with Crippen LogP contribution in [0.3, 0.4) is 0 Å². The minimum atomic E-state index is -0.783. The van der Waals surface area contributed by atoms with Gasteiger partial charge in [0.2, 0.25) is 0 Å². The number of phenolic OH excluding ortho intramolecular Hbond substituents is 2. The van der Waals surface area contributed by atoms with Crippen LogP contribution in [0, 0.1) is 0 Å². The zero-order valence-corrected chi connectivity index (χ0v) is 25.2. The fourth-order valence-electron chi connectivity index (χ4n) is 5.61. The van der Waals surface area contributed by atoms with E-state index in [-0.39, 0.29) is 28.4 Å². The number of imidazole rings is 1. The van der Waals surface area contributed by atoms with Gasteiger partial charge in [-0.15, -0.1) is 0 Å². The van der Waals surface area contributed by atoms with E-state index in [4.69, 9.17) is 23.9 Å². The Morgan fingerprint density at radius 1 is 0.818 bits per heavy atom. The van der Waals surface area contributed by atoms with Gasteiger partial charge >= 0.3 is 11.9 Å². The lowest BCUT2D eigenvalue weighted by molar-refractivity contribution is -0.137. The van der Waals surface area contributed by atoms with E-state index >= 15 is 0 Å². The summed E-state index contributed by atoms with van der Waals surface area (Å²) in [4.78, 5) is 31.1. The Balaban J connectivity index is 1.77. The second-order valence-electron chi connectivity index (χ2n) is 10.3. The number of benzene rings is 3. The number of phenols is 2. The van der Waals surface area contributed by atoms with Crippen LogP contribution < -0.4 is 14.8 Å². The summed E-state index contributed by atoms with van der Waals surface area (Å²) >= 11 is 0. The van der Waals surface area contributed by atoms with E-state index in [2.05, 4.69) is 5.32 Å². The molecule has 5 rings (SSSR count). The number of nitrogens with one attached hydrogen (secondary N) is 1. The molecule has 0 radical (unpaired) electrons. The third kappa shape index (κ3) is 5.28. The van der Waals surface area contributed by atoms with Crippen molar-refractivity contribution in [3.05, 3.63) is 88.3 Å². The minimum Gasteiger partial charge on any atom is -0.504 e. The van der Waals surface area contributed by atoms with Crippen molar-refractivity contribution in [1.82, 2.24) is 14.9 Å². The van der Waals surface area contributed by atoms with Gasteiger partial charge in [0.25, 0.3) is 0 Å². The highest BCUT2D eigenvalue weighted by molar-refractivity contribution is 6.00. The third-order valence-electron chi connectivity index (χ3n) is 7.70. The van der Waals surface area contributed by atoms with Gasteiger partial charge in [0.1, 0.15) is 5.82 Å². The van der Waals surface area contributed by atoms with Crippen LogP contribution in [0.15, 0.2) is 77.1 Å². The summed E-state index contributed by atoms with van der Waals surface area (Å²) in [5.41, 5.74) is 5.21. The number of hydrogen-bond donors (Lipinski definition) is 3. The summed E-state index contributed by atoms with van der Waals surface area (Å²) < 4.78 is 22.9. The summed E-state index contributed by atoms with van der Waals surface area (Å²) in [6.07, 6.45) is 0. The largest absolute Gasteiger partial charge is 0.504 e. The number of allylic oxidation sites excluding steroid dienone is 2. The predicted molar refractivity (Wildman–Crippen MR) is 162 cm³/mol. The van der Waals surface area contributed by atoms with E-state index in [1.54, 1.807) is 44.2 Å². The number of rotatable bonds is 8. The number of methoxy groups -OCH3 is 4. The van der Waals surface area contributed by atoms with Crippen molar-refractivity contribution >= 4 is 23.0 Å². The highest BCUT2D eigenvalue weighted by atomic mass is 16.5. The topological polar surface area (TPSA) is 141 Å². The van der Waals surface area contributed by atoms with Gasteiger partial charge in [-0.2, -0.15) is 0 Å². The monoisotopic (exact) mass is 599 g/mol. The van der Waals surface area contributed by atoms with Crippen LogP contribution >= 0.6 is 0 Å². The van der Waals surface area contributed by atoms with E-state index in [0.29, 0.717) is 51.7 Å². The van der Waals surface area contributed by atoms with E-state index < -0.39 is 17.9 Å². The van der Waals surface area contributed by atoms with Crippen LogP contribution in [0.25, 0.3) is 22.4 Å². The summed E-state index contributed by atoms with van der Waals surface area (Å²) in [6.45, 7) is 3.83. The maximum absolute atomic E-state index is 13.1. The number of carbonyl (C=O) groups is 2. The maximum atomic E-state index is 13.1. The molecule has 3 aromatic carbocycles. The van der Waals surface area contributed by atoms with Crippen LogP contribution in [-0.4, -0.2) is 60.1 Å². The van der Waals surface area contributed by atoms with Crippen molar-refractivity contribution < 1.29 is 38.7 Å². The van der Waals surface area contributed by atoms with E-state index in [0.717, 1.165) is 5.56 Å². The molecule has 1 aromatic heterocycles. The fourth-order valence-corrected chi connectivity index (χ4v) is 5.61. The Hall–Kier alpha value is -5.45. The highest BCUT2D eigenvalue weighted by Crippen LogP contribution is 2.41. The van der Waals surface area contributed by atoms with Crippen LogP contribution in [0.4, 0.5) is 0 Å². The number of nitrogens with zero attached hydrogens (tertiary/aromatic N) is 2. The quantitative estimate of drug-likeness (QED) is 0.243. The van der Waals surface area contributed by atoms with Gasteiger partial charge in [-0.1, -0.05) is 12.1 Å². The molecule has 228 valence electrons. The molecule has 4 aromatic rings. The molecule has 1 aliphatic heterocycles. The Morgan fingerprint density at radius 2 is 1.41 bits per heavy atom. The Bertz CT molecular complexity index is 1820. The number of fused-ring (bicyclic) bond motifs is 1. The lowest BCUT2D eigenvalue weighted by Gasteiger charge is -2.30. The summed E-state index contributed by atoms with van der Waals surface area (Å²) in [5.74, 6) is -0.742. The van der Waals surface area contributed by atoms with Crippen LogP contribution in [-0.2, 0) is 25.6 Å². The zero-order valence-electron chi connectivity index (χ0n) is 25.2. The highest BCUT2D eigenvalue weighted by Gasteiger charge is 2.38. The van der Waals surface area contributed by atoms with Crippen molar-refractivity contribution in [2.45, 2.75) is 26.3 Å². The molecule has 0 spiro atoms. The average molecular weight is 600 g/mol. The average Bonchev–Trinajstić information content (AvgIpc) is 3.38. The molecule has 0 fully saturated rings. The molecule has 0 amide bonds. The molecule has 2 heterocycles. The molecule has 11 nitrogen and oxygen atoms in total. The van der Waals surface area contributed by atoms with Crippen molar-refractivity contribution in [1.29, 1.82) is 0 Å². The number of ether oxygens (including phenoxy) is 4. The van der Waals surface area contributed by atoms with Crippen molar-refractivity contribution in [3.8, 4) is 34.4 Å². The van der Waals surface area contributed by atoms with Crippen molar-refractivity contribution in [2.75, 3.05) is 28.4 Å². The number of aromatic nitrogens is 2. The van der Waals surface area contributed by atoms with Gasteiger partial charge in [-0.05, 0) is 67.4 Å². The summed E-state index contributed by atoms with van der Waals surface area (Å²) in [6, 6.07) is 15.6. The first-order valence-corrected chi connectivity index (χ1v) is 13.7. The van der Waals surface area contributed by atoms with Crippen LogP contribution in [0.5, 0.6) is 23.0 Å². The molecule has 44 heavy (non-hydrogen) atoms. The van der Waals surface area contributed by atoms with Gasteiger partial charge < -0.3 is 39.0 Å². The van der Waals surface area contributed by atoms with E-state index in [1.807, 2.05) is 22.8 Å². The molecule has 0 bridgehead atoms. The second kappa shape index (κ2) is 12.0. The fraction of sp³-hybridized carbons (Fsp3) is 0.242. The number of hydrogen-bond acceptors (Lipinski definition) is 10. The molecule has 3 N–H and O–H groups in total. The first-order chi connectivity index (χ1) is 21.1.